The minimum atomic E-state index is 0.774. The molecule has 0 amide bonds. The highest BCUT2D eigenvalue weighted by Crippen LogP contribution is 2.28. The minimum absolute atomic E-state index is 0.774. The van der Waals surface area contributed by atoms with Gasteiger partial charge in [-0.15, -0.1) is 11.3 Å². The van der Waals surface area contributed by atoms with Crippen LogP contribution in [0, 0.1) is 6.92 Å². The molecule has 0 N–H and O–H groups in total. The van der Waals surface area contributed by atoms with Crippen molar-refractivity contribution < 1.29 is 0 Å². The van der Waals surface area contributed by atoms with Crippen molar-refractivity contribution in [2.45, 2.75) is 13.5 Å². The summed E-state index contributed by atoms with van der Waals surface area (Å²) in [6, 6.07) is 16.8. The fourth-order valence-corrected chi connectivity index (χ4v) is 3.65. The van der Waals surface area contributed by atoms with Crippen LogP contribution in [0.25, 0.3) is 21.5 Å². The van der Waals surface area contributed by atoms with E-state index >= 15 is 0 Å². The minimum Gasteiger partial charge on any atom is -0.340 e. The summed E-state index contributed by atoms with van der Waals surface area (Å²) in [6.45, 7) is 3.00. The van der Waals surface area contributed by atoms with Crippen LogP contribution < -0.4 is 0 Å². The van der Waals surface area contributed by atoms with Gasteiger partial charge in [0.25, 0.3) is 0 Å². The van der Waals surface area contributed by atoms with Gasteiger partial charge in [-0.05, 0) is 48.9 Å². The lowest BCUT2D eigenvalue weighted by Crippen LogP contribution is -2.01. The van der Waals surface area contributed by atoms with Crippen molar-refractivity contribution in [1.29, 1.82) is 0 Å². The van der Waals surface area contributed by atoms with E-state index in [2.05, 4.69) is 52.9 Å². The Hall–Kier alpha value is -2.10. The molecule has 0 unspecified atom stereocenters. The fraction of sp³-hybridized carbons (Fsp3) is 0.105. The van der Waals surface area contributed by atoms with E-state index in [1.54, 1.807) is 11.3 Å². The SMILES string of the molecule is Cc1cc2cc(-c3nccs3)ccc2n1Cc1ccc(Cl)cc1. The normalized spacial score (nSPS) is 11.2. The quantitative estimate of drug-likeness (QED) is 0.463. The molecule has 2 heterocycles. The predicted molar refractivity (Wildman–Crippen MR) is 98.3 cm³/mol. The largest absolute Gasteiger partial charge is 0.340 e. The van der Waals surface area contributed by atoms with E-state index in [0.29, 0.717) is 0 Å². The van der Waals surface area contributed by atoms with E-state index in [-0.39, 0.29) is 0 Å². The van der Waals surface area contributed by atoms with Gasteiger partial charge in [-0.25, -0.2) is 4.98 Å². The van der Waals surface area contributed by atoms with Gasteiger partial charge >= 0.3 is 0 Å². The number of hydrogen-bond acceptors (Lipinski definition) is 2. The average molecular weight is 339 g/mol. The maximum Gasteiger partial charge on any atom is 0.123 e. The molecule has 0 bridgehead atoms. The first kappa shape index (κ1) is 14.5. The Morgan fingerprint density at radius 2 is 1.91 bits per heavy atom. The Morgan fingerprint density at radius 3 is 2.65 bits per heavy atom. The molecule has 4 aromatic rings. The summed E-state index contributed by atoms with van der Waals surface area (Å²) in [6.07, 6.45) is 1.85. The van der Waals surface area contributed by atoms with Crippen LogP contribution in [-0.2, 0) is 6.54 Å². The fourth-order valence-electron chi connectivity index (χ4n) is 2.89. The van der Waals surface area contributed by atoms with E-state index in [1.165, 1.54) is 27.7 Å². The molecule has 0 radical (unpaired) electrons. The molecule has 0 aliphatic carbocycles. The Kier molecular flexibility index (Phi) is 3.68. The number of nitrogens with zero attached hydrogens (tertiary/aromatic N) is 2. The van der Waals surface area contributed by atoms with E-state index in [9.17, 15) is 0 Å². The van der Waals surface area contributed by atoms with E-state index in [1.807, 2.05) is 23.7 Å². The summed E-state index contributed by atoms with van der Waals surface area (Å²) in [7, 11) is 0. The topological polar surface area (TPSA) is 17.8 Å². The van der Waals surface area contributed by atoms with Gasteiger partial charge in [0.2, 0.25) is 0 Å². The molecule has 0 atom stereocenters. The Labute approximate surface area is 144 Å². The highest BCUT2D eigenvalue weighted by molar-refractivity contribution is 7.13. The first-order chi connectivity index (χ1) is 11.2. The molecule has 0 aliphatic heterocycles. The third kappa shape index (κ3) is 2.78. The van der Waals surface area contributed by atoms with Crippen LogP contribution in [0.1, 0.15) is 11.3 Å². The van der Waals surface area contributed by atoms with Crippen LogP contribution in [0.5, 0.6) is 0 Å². The van der Waals surface area contributed by atoms with Crippen molar-refractivity contribution >= 4 is 33.8 Å². The molecule has 4 rings (SSSR count). The van der Waals surface area contributed by atoms with Crippen LogP contribution >= 0.6 is 22.9 Å². The first-order valence-electron chi connectivity index (χ1n) is 7.45. The molecule has 0 saturated carbocycles. The Bertz CT molecular complexity index is 953. The average Bonchev–Trinajstić information content (AvgIpc) is 3.18. The third-order valence-electron chi connectivity index (χ3n) is 4.04. The highest BCUT2D eigenvalue weighted by Gasteiger charge is 2.09. The zero-order valence-corrected chi connectivity index (χ0v) is 14.2. The maximum absolute atomic E-state index is 5.97. The highest BCUT2D eigenvalue weighted by atomic mass is 35.5. The molecule has 2 aromatic carbocycles. The van der Waals surface area contributed by atoms with E-state index in [4.69, 9.17) is 11.6 Å². The lowest BCUT2D eigenvalue weighted by Gasteiger charge is -2.09. The predicted octanol–water partition coefficient (Wildman–Crippen LogP) is 5.77. The van der Waals surface area contributed by atoms with Gasteiger partial charge < -0.3 is 4.57 Å². The van der Waals surface area contributed by atoms with Gasteiger partial charge in [0, 0.05) is 45.3 Å². The van der Waals surface area contributed by atoms with Crippen molar-refractivity contribution in [3.05, 3.63) is 76.4 Å². The number of fused-ring (bicyclic) bond motifs is 1. The van der Waals surface area contributed by atoms with Crippen molar-refractivity contribution in [2.24, 2.45) is 0 Å². The lowest BCUT2D eigenvalue weighted by molar-refractivity contribution is 0.805. The van der Waals surface area contributed by atoms with Gasteiger partial charge in [0.05, 0.1) is 0 Å². The monoisotopic (exact) mass is 338 g/mol. The molecule has 23 heavy (non-hydrogen) atoms. The van der Waals surface area contributed by atoms with E-state index < -0.39 is 0 Å². The second-order valence-corrected chi connectivity index (χ2v) is 6.94. The Balaban J connectivity index is 1.75. The van der Waals surface area contributed by atoms with Crippen LogP contribution in [0.4, 0.5) is 0 Å². The third-order valence-corrected chi connectivity index (χ3v) is 5.12. The second-order valence-electron chi connectivity index (χ2n) is 5.61. The zero-order valence-electron chi connectivity index (χ0n) is 12.7. The number of benzene rings is 2. The summed E-state index contributed by atoms with van der Waals surface area (Å²) in [4.78, 5) is 4.40. The molecule has 0 fully saturated rings. The summed E-state index contributed by atoms with van der Waals surface area (Å²) < 4.78 is 2.34. The van der Waals surface area contributed by atoms with Gasteiger partial charge in [-0.1, -0.05) is 23.7 Å². The molecule has 0 spiro atoms. The standard InChI is InChI=1S/C19H15ClN2S/c1-13-10-16-11-15(19-21-8-9-23-19)4-7-18(16)22(13)12-14-2-5-17(20)6-3-14/h2-11H,12H2,1H3. The number of thiazole rings is 1. The molecule has 2 nitrogen and oxygen atoms in total. The van der Waals surface area contributed by atoms with Crippen molar-refractivity contribution in [3.8, 4) is 10.6 Å². The second kappa shape index (κ2) is 5.84. The Morgan fingerprint density at radius 1 is 1.09 bits per heavy atom. The van der Waals surface area contributed by atoms with Crippen molar-refractivity contribution in [3.63, 3.8) is 0 Å². The number of aromatic nitrogens is 2. The number of hydrogen-bond donors (Lipinski definition) is 0. The zero-order chi connectivity index (χ0) is 15.8. The molecular formula is C19H15ClN2S. The molecule has 2 aromatic heterocycles. The van der Waals surface area contributed by atoms with Crippen molar-refractivity contribution in [1.82, 2.24) is 9.55 Å². The molecule has 0 aliphatic rings. The molecule has 4 heteroatoms. The molecule has 114 valence electrons. The summed E-state index contributed by atoms with van der Waals surface area (Å²) >= 11 is 7.64. The van der Waals surface area contributed by atoms with Crippen LogP contribution in [0.3, 0.4) is 0 Å². The van der Waals surface area contributed by atoms with Crippen LogP contribution in [0.15, 0.2) is 60.1 Å². The molecule has 0 saturated heterocycles. The summed E-state index contributed by atoms with van der Waals surface area (Å²) in [5.41, 5.74) is 4.93. The lowest BCUT2D eigenvalue weighted by atomic mass is 10.1. The first-order valence-corrected chi connectivity index (χ1v) is 8.71. The smallest absolute Gasteiger partial charge is 0.123 e. The van der Waals surface area contributed by atoms with Gasteiger partial charge in [0.1, 0.15) is 5.01 Å². The van der Waals surface area contributed by atoms with Gasteiger partial charge in [-0.3, -0.25) is 0 Å². The van der Waals surface area contributed by atoms with Crippen LogP contribution in [-0.4, -0.2) is 9.55 Å². The summed E-state index contributed by atoms with van der Waals surface area (Å²) in [5, 5.41) is 5.10. The van der Waals surface area contributed by atoms with Gasteiger partial charge in [-0.2, -0.15) is 0 Å². The number of halogens is 1. The number of aryl methyl sites for hydroxylation is 1. The van der Waals surface area contributed by atoms with Crippen molar-refractivity contribution in [2.75, 3.05) is 0 Å². The van der Waals surface area contributed by atoms with Crippen LogP contribution in [0.2, 0.25) is 5.02 Å². The molecular weight excluding hydrogens is 324 g/mol. The van der Waals surface area contributed by atoms with E-state index in [0.717, 1.165) is 16.6 Å². The maximum atomic E-state index is 5.97. The number of rotatable bonds is 3. The van der Waals surface area contributed by atoms with Gasteiger partial charge in [0.15, 0.2) is 0 Å². The summed E-state index contributed by atoms with van der Waals surface area (Å²) in [5.74, 6) is 0.